The summed E-state index contributed by atoms with van der Waals surface area (Å²) in [5.74, 6) is -0.821. The van der Waals surface area contributed by atoms with Crippen LogP contribution < -0.4 is 16.8 Å². The molecule has 5 N–H and O–H groups in total. The molecule has 0 heterocycles. The molecule has 0 aromatic heterocycles. The Bertz CT molecular complexity index is 211. The molecule has 5 nitrogen and oxygen atoms in total. The number of hydrogen-bond acceptors (Lipinski definition) is 3. The normalized spacial score (nSPS) is 19.4. The first-order valence-corrected chi connectivity index (χ1v) is 3.90. The first-order chi connectivity index (χ1) is 5.54. The topological polar surface area (TPSA) is 98.2 Å². The Labute approximate surface area is 70.5 Å². The number of hydrogen-bond donors (Lipinski definition) is 3. The van der Waals surface area contributed by atoms with Gasteiger partial charge in [-0.1, -0.05) is 0 Å². The van der Waals surface area contributed by atoms with E-state index in [1.54, 1.807) is 0 Å². The zero-order valence-corrected chi connectivity index (χ0v) is 6.80. The molecule has 1 aliphatic carbocycles. The molecule has 0 spiro atoms. The highest BCUT2D eigenvalue weighted by atomic mass is 16.2. The molecule has 1 aliphatic rings. The van der Waals surface area contributed by atoms with Crippen molar-refractivity contribution < 1.29 is 9.59 Å². The predicted molar refractivity (Wildman–Crippen MR) is 43.0 cm³/mol. The summed E-state index contributed by atoms with van der Waals surface area (Å²) in [5.41, 5.74) is 9.78. The molecule has 0 atom stereocenters. The zero-order valence-electron chi connectivity index (χ0n) is 6.80. The number of primary amides is 1. The van der Waals surface area contributed by atoms with Gasteiger partial charge in [-0.15, -0.1) is 0 Å². The van der Waals surface area contributed by atoms with Crippen molar-refractivity contribution in [1.82, 2.24) is 5.32 Å². The van der Waals surface area contributed by atoms with Gasteiger partial charge in [-0.2, -0.15) is 0 Å². The zero-order chi connectivity index (χ0) is 9.19. The fourth-order valence-electron chi connectivity index (χ4n) is 1.13. The van der Waals surface area contributed by atoms with E-state index in [4.69, 9.17) is 11.5 Å². The summed E-state index contributed by atoms with van der Waals surface area (Å²) in [5, 5.41) is 2.39. The van der Waals surface area contributed by atoms with Gasteiger partial charge in [-0.3, -0.25) is 9.59 Å². The van der Waals surface area contributed by atoms with Crippen LogP contribution in [0.4, 0.5) is 0 Å². The summed E-state index contributed by atoms with van der Waals surface area (Å²) in [6.07, 6.45) is 2.36. The van der Waals surface area contributed by atoms with Crippen LogP contribution in [0.5, 0.6) is 0 Å². The van der Waals surface area contributed by atoms with Gasteiger partial charge in [0.05, 0.1) is 12.1 Å². The van der Waals surface area contributed by atoms with Gasteiger partial charge in [0.2, 0.25) is 11.8 Å². The Hall–Kier alpha value is -1.10. The Balaban J connectivity index is 2.33. The molecular formula is C7H13N3O2. The van der Waals surface area contributed by atoms with Crippen LogP contribution in [0.15, 0.2) is 0 Å². The van der Waals surface area contributed by atoms with E-state index in [0.29, 0.717) is 12.8 Å². The molecule has 2 amide bonds. The maximum absolute atomic E-state index is 11.2. The molecular weight excluding hydrogens is 158 g/mol. The summed E-state index contributed by atoms with van der Waals surface area (Å²) in [6.45, 7) is -0.127. The van der Waals surface area contributed by atoms with E-state index in [2.05, 4.69) is 5.32 Å². The van der Waals surface area contributed by atoms with Crippen molar-refractivity contribution in [3.63, 3.8) is 0 Å². The van der Waals surface area contributed by atoms with Crippen LogP contribution in [0, 0.1) is 0 Å². The fourth-order valence-corrected chi connectivity index (χ4v) is 1.13. The largest absolute Gasteiger partial charge is 0.368 e. The average Bonchev–Trinajstić information content (AvgIpc) is 1.95. The SMILES string of the molecule is NC(=O)CNC(=O)C1(N)CCC1. The highest BCUT2D eigenvalue weighted by Crippen LogP contribution is 2.28. The van der Waals surface area contributed by atoms with Gasteiger partial charge < -0.3 is 16.8 Å². The van der Waals surface area contributed by atoms with E-state index in [1.807, 2.05) is 0 Å². The Kier molecular flexibility index (Phi) is 2.32. The molecule has 0 unspecified atom stereocenters. The molecule has 0 radical (unpaired) electrons. The lowest BCUT2D eigenvalue weighted by molar-refractivity contribution is -0.131. The molecule has 0 aliphatic heterocycles. The van der Waals surface area contributed by atoms with Crippen LogP contribution >= 0.6 is 0 Å². The van der Waals surface area contributed by atoms with Gasteiger partial charge in [-0.05, 0) is 19.3 Å². The lowest BCUT2D eigenvalue weighted by Crippen LogP contribution is -2.59. The van der Waals surface area contributed by atoms with Crippen LogP contribution in [-0.4, -0.2) is 23.9 Å². The highest BCUT2D eigenvalue weighted by Gasteiger charge is 2.39. The van der Waals surface area contributed by atoms with Crippen molar-refractivity contribution in [2.45, 2.75) is 24.8 Å². The van der Waals surface area contributed by atoms with Crippen molar-refractivity contribution in [2.24, 2.45) is 11.5 Å². The number of carbonyl (C=O) groups is 2. The molecule has 68 valence electrons. The fraction of sp³-hybridized carbons (Fsp3) is 0.714. The lowest BCUT2D eigenvalue weighted by Gasteiger charge is -2.35. The van der Waals surface area contributed by atoms with E-state index >= 15 is 0 Å². The summed E-state index contributed by atoms with van der Waals surface area (Å²) in [6, 6.07) is 0. The van der Waals surface area contributed by atoms with Crippen LogP contribution in [0.2, 0.25) is 0 Å². The third-order valence-corrected chi connectivity index (χ3v) is 2.12. The first-order valence-electron chi connectivity index (χ1n) is 3.90. The monoisotopic (exact) mass is 171 g/mol. The third kappa shape index (κ3) is 1.73. The second kappa shape index (κ2) is 3.10. The number of nitrogens with one attached hydrogen (secondary N) is 1. The van der Waals surface area contributed by atoms with Crippen molar-refractivity contribution >= 4 is 11.8 Å². The Morgan fingerprint density at radius 3 is 2.33 bits per heavy atom. The number of amides is 2. The minimum Gasteiger partial charge on any atom is -0.368 e. The van der Waals surface area contributed by atoms with Crippen molar-refractivity contribution in [2.75, 3.05) is 6.54 Å². The minimum atomic E-state index is -0.741. The highest BCUT2D eigenvalue weighted by molar-refractivity contribution is 5.90. The average molecular weight is 171 g/mol. The van der Waals surface area contributed by atoms with Gasteiger partial charge >= 0.3 is 0 Å². The van der Waals surface area contributed by atoms with Crippen LogP contribution in [-0.2, 0) is 9.59 Å². The molecule has 12 heavy (non-hydrogen) atoms. The molecule has 1 saturated carbocycles. The molecule has 1 rings (SSSR count). The number of nitrogens with two attached hydrogens (primary N) is 2. The summed E-state index contributed by atoms with van der Waals surface area (Å²) >= 11 is 0. The van der Waals surface area contributed by atoms with E-state index in [1.165, 1.54) is 0 Å². The summed E-state index contributed by atoms with van der Waals surface area (Å²) in [7, 11) is 0. The van der Waals surface area contributed by atoms with Gasteiger partial charge in [0.25, 0.3) is 0 Å². The standard InChI is InChI=1S/C7H13N3O2/c8-5(11)4-10-6(12)7(9)2-1-3-7/h1-4,9H2,(H2,8,11)(H,10,12). The molecule has 5 heteroatoms. The molecule has 0 aromatic carbocycles. The van der Waals surface area contributed by atoms with Crippen LogP contribution in [0.1, 0.15) is 19.3 Å². The van der Waals surface area contributed by atoms with Gasteiger partial charge in [0, 0.05) is 0 Å². The maximum Gasteiger partial charge on any atom is 0.240 e. The second-order valence-corrected chi connectivity index (χ2v) is 3.16. The molecule has 0 aromatic rings. The van der Waals surface area contributed by atoms with Crippen molar-refractivity contribution in [3.05, 3.63) is 0 Å². The van der Waals surface area contributed by atoms with E-state index in [-0.39, 0.29) is 12.5 Å². The molecule has 0 bridgehead atoms. The minimum absolute atomic E-state index is 0.127. The van der Waals surface area contributed by atoms with Crippen LogP contribution in [0.3, 0.4) is 0 Å². The lowest BCUT2D eigenvalue weighted by atomic mass is 9.77. The molecule has 1 fully saturated rings. The van der Waals surface area contributed by atoms with E-state index in [0.717, 1.165) is 6.42 Å². The number of rotatable bonds is 3. The molecule has 0 saturated heterocycles. The summed E-state index contributed by atoms with van der Waals surface area (Å²) in [4.78, 5) is 21.5. The second-order valence-electron chi connectivity index (χ2n) is 3.16. The van der Waals surface area contributed by atoms with Crippen molar-refractivity contribution in [1.29, 1.82) is 0 Å². The smallest absolute Gasteiger partial charge is 0.240 e. The van der Waals surface area contributed by atoms with Crippen molar-refractivity contribution in [3.8, 4) is 0 Å². The van der Waals surface area contributed by atoms with E-state index < -0.39 is 11.4 Å². The van der Waals surface area contributed by atoms with Crippen LogP contribution in [0.25, 0.3) is 0 Å². The maximum atomic E-state index is 11.2. The summed E-state index contributed by atoms with van der Waals surface area (Å²) < 4.78 is 0. The number of carbonyl (C=O) groups excluding carboxylic acids is 2. The predicted octanol–water partition coefficient (Wildman–Crippen LogP) is -1.53. The van der Waals surface area contributed by atoms with Gasteiger partial charge in [-0.25, -0.2) is 0 Å². The third-order valence-electron chi connectivity index (χ3n) is 2.12. The van der Waals surface area contributed by atoms with Gasteiger partial charge in [0.1, 0.15) is 0 Å². The quantitative estimate of drug-likeness (QED) is 0.480. The van der Waals surface area contributed by atoms with E-state index in [9.17, 15) is 9.59 Å². The first kappa shape index (κ1) is 8.99. The van der Waals surface area contributed by atoms with Gasteiger partial charge in [0.15, 0.2) is 0 Å². The Morgan fingerprint density at radius 2 is 2.00 bits per heavy atom. The Morgan fingerprint density at radius 1 is 1.42 bits per heavy atom.